The van der Waals surface area contributed by atoms with Gasteiger partial charge >= 0.3 is 0 Å². The van der Waals surface area contributed by atoms with E-state index in [1.165, 1.54) is 16.8 Å². The second kappa shape index (κ2) is 7.77. The maximum Gasteiger partial charge on any atom is 0.277 e. The molecule has 0 bridgehead atoms. The van der Waals surface area contributed by atoms with Gasteiger partial charge in [-0.1, -0.05) is 41.6 Å². The molecule has 9 nitrogen and oxygen atoms in total. The summed E-state index contributed by atoms with van der Waals surface area (Å²) in [6, 6.07) is 19.8. The third-order valence-electron chi connectivity index (χ3n) is 5.80. The Hall–Kier alpha value is -4.27. The van der Waals surface area contributed by atoms with E-state index in [0.717, 1.165) is 11.3 Å². The molecule has 1 aliphatic heterocycles. The van der Waals surface area contributed by atoms with Crippen LogP contribution in [0.5, 0.6) is 0 Å². The number of nitro groups is 1. The van der Waals surface area contributed by atoms with Crippen LogP contribution < -0.4 is 0 Å². The van der Waals surface area contributed by atoms with Crippen LogP contribution in [0.3, 0.4) is 0 Å². The zero-order chi connectivity index (χ0) is 22.2. The van der Waals surface area contributed by atoms with Crippen molar-refractivity contribution in [3.8, 4) is 5.69 Å². The first-order valence-corrected chi connectivity index (χ1v) is 10.2. The lowest BCUT2D eigenvalue weighted by Crippen LogP contribution is -2.42. The molecule has 3 heterocycles. The number of nitrogens with zero attached hydrogens (tertiary/aromatic N) is 6. The van der Waals surface area contributed by atoms with Gasteiger partial charge in [0.1, 0.15) is 0 Å². The van der Waals surface area contributed by atoms with Crippen LogP contribution in [-0.2, 0) is 6.54 Å². The topological polar surface area (TPSA) is 99.1 Å². The summed E-state index contributed by atoms with van der Waals surface area (Å²) < 4.78 is 3.62. The SMILES string of the molecule is Cc1c(C(=O)N2CCn3cccc3C2c2ccccc2)nnn1-c1cccc([N+](=O)[O-])c1. The highest BCUT2D eigenvalue weighted by molar-refractivity contribution is 5.94. The van der Waals surface area contributed by atoms with Gasteiger partial charge in [0.15, 0.2) is 5.69 Å². The third-order valence-corrected chi connectivity index (χ3v) is 5.80. The molecule has 0 saturated heterocycles. The smallest absolute Gasteiger partial charge is 0.277 e. The van der Waals surface area contributed by atoms with Crippen molar-refractivity contribution in [1.82, 2.24) is 24.5 Å². The van der Waals surface area contributed by atoms with Gasteiger partial charge in [0.25, 0.3) is 11.6 Å². The fraction of sp³-hybridized carbons (Fsp3) is 0.174. The van der Waals surface area contributed by atoms with Gasteiger partial charge in [-0.25, -0.2) is 4.68 Å². The molecule has 0 saturated carbocycles. The number of non-ortho nitro benzene ring substituents is 1. The molecule has 0 radical (unpaired) electrons. The van der Waals surface area contributed by atoms with E-state index in [9.17, 15) is 14.9 Å². The maximum atomic E-state index is 13.6. The Balaban J connectivity index is 1.53. The van der Waals surface area contributed by atoms with Crippen molar-refractivity contribution in [1.29, 1.82) is 0 Å². The number of carbonyl (C=O) groups excluding carboxylic acids is 1. The van der Waals surface area contributed by atoms with Crippen molar-refractivity contribution in [3.63, 3.8) is 0 Å². The molecule has 1 atom stereocenters. The number of benzene rings is 2. The fourth-order valence-corrected chi connectivity index (χ4v) is 4.23. The lowest BCUT2D eigenvalue weighted by molar-refractivity contribution is -0.384. The molecule has 0 N–H and O–H groups in total. The Bertz CT molecular complexity index is 1310. The fourth-order valence-electron chi connectivity index (χ4n) is 4.23. The maximum absolute atomic E-state index is 13.6. The Morgan fingerprint density at radius 2 is 1.88 bits per heavy atom. The van der Waals surface area contributed by atoms with Crippen LogP contribution in [0.25, 0.3) is 5.69 Å². The average Bonchev–Trinajstić information content (AvgIpc) is 3.45. The highest BCUT2D eigenvalue weighted by Gasteiger charge is 2.34. The van der Waals surface area contributed by atoms with Gasteiger partial charge in [-0.2, -0.15) is 0 Å². The van der Waals surface area contributed by atoms with Crippen LogP contribution in [0.1, 0.15) is 33.5 Å². The highest BCUT2D eigenvalue weighted by Crippen LogP contribution is 2.33. The zero-order valence-electron chi connectivity index (χ0n) is 17.3. The third kappa shape index (κ3) is 3.24. The van der Waals surface area contributed by atoms with Gasteiger partial charge in [-0.3, -0.25) is 14.9 Å². The van der Waals surface area contributed by atoms with E-state index < -0.39 is 4.92 Å². The van der Waals surface area contributed by atoms with E-state index in [1.807, 2.05) is 53.6 Å². The summed E-state index contributed by atoms with van der Waals surface area (Å²) in [4.78, 5) is 26.1. The molecule has 1 amide bonds. The molecule has 32 heavy (non-hydrogen) atoms. The summed E-state index contributed by atoms with van der Waals surface area (Å²) in [5.74, 6) is -0.222. The summed E-state index contributed by atoms with van der Waals surface area (Å²) in [5.41, 5.74) is 3.26. The Morgan fingerprint density at radius 1 is 1.06 bits per heavy atom. The second-order valence-electron chi connectivity index (χ2n) is 7.65. The first kappa shape index (κ1) is 19.7. The average molecular weight is 428 g/mol. The molecule has 0 spiro atoms. The molecule has 1 aliphatic rings. The van der Waals surface area contributed by atoms with E-state index in [1.54, 1.807) is 19.1 Å². The lowest BCUT2D eigenvalue weighted by atomic mass is 9.99. The van der Waals surface area contributed by atoms with Crippen LogP contribution >= 0.6 is 0 Å². The number of hydrogen-bond donors (Lipinski definition) is 0. The molecule has 0 aliphatic carbocycles. The minimum atomic E-state index is -0.463. The Morgan fingerprint density at radius 3 is 2.66 bits per heavy atom. The lowest BCUT2D eigenvalue weighted by Gasteiger charge is -2.37. The summed E-state index contributed by atoms with van der Waals surface area (Å²) in [6.07, 6.45) is 2.02. The minimum Gasteiger partial charge on any atom is -0.348 e. The van der Waals surface area contributed by atoms with Crippen LogP contribution in [0.2, 0.25) is 0 Å². The van der Waals surface area contributed by atoms with E-state index in [2.05, 4.69) is 14.9 Å². The van der Waals surface area contributed by atoms with Gasteiger partial charge in [-0.15, -0.1) is 5.10 Å². The minimum absolute atomic E-state index is 0.0498. The summed E-state index contributed by atoms with van der Waals surface area (Å²) in [5, 5.41) is 19.4. The number of rotatable bonds is 4. The quantitative estimate of drug-likeness (QED) is 0.366. The van der Waals surface area contributed by atoms with Crippen molar-refractivity contribution in [2.24, 2.45) is 0 Å². The molecule has 4 aromatic rings. The molecule has 2 aromatic carbocycles. The highest BCUT2D eigenvalue weighted by atomic mass is 16.6. The standard InChI is InChI=1S/C23H20N6O3/c1-16-21(24-25-28(16)18-9-5-10-19(15-18)29(31)32)23(30)27-14-13-26-12-6-11-20(26)22(27)17-7-3-2-4-8-17/h2-12,15,22H,13-14H2,1H3. The summed E-state index contributed by atoms with van der Waals surface area (Å²) in [6.45, 7) is 2.97. The van der Waals surface area contributed by atoms with Crippen molar-refractivity contribution in [2.45, 2.75) is 19.5 Å². The first-order valence-electron chi connectivity index (χ1n) is 10.2. The van der Waals surface area contributed by atoms with Crippen LogP contribution in [-0.4, -0.2) is 41.8 Å². The number of aromatic nitrogens is 4. The number of nitro benzene ring substituents is 1. The number of fused-ring (bicyclic) bond motifs is 1. The van der Waals surface area contributed by atoms with Crippen molar-refractivity contribution in [3.05, 3.63) is 106 Å². The van der Waals surface area contributed by atoms with Crippen LogP contribution in [0.4, 0.5) is 5.69 Å². The van der Waals surface area contributed by atoms with Gasteiger partial charge in [0.05, 0.1) is 22.3 Å². The van der Waals surface area contributed by atoms with Crippen molar-refractivity contribution < 1.29 is 9.72 Å². The molecular weight excluding hydrogens is 408 g/mol. The van der Waals surface area contributed by atoms with Gasteiger partial charge in [0, 0.05) is 37.1 Å². The molecule has 0 fully saturated rings. The van der Waals surface area contributed by atoms with Crippen molar-refractivity contribution in [2.75, 3.05) is 6.54 Å². The van der Waals surface area contributed by atoms with E-state index >= 15 is 0 Å². The summed E-state index contributed by atoms with van der Waals surface area (Å²) in [7, 11) is 0. The van der Waals surface area contributed by atoms with Crippen LogP contribution in [0, 0.1) is 17.0 Å². The molecule has 5 rings (SSSR count). The number of hydrogen-bond acceptors (Lipinski definition) is 5. The van der Waals surface area contributed by atoms with Crippen LogP contribution in [0.15, 0.2) is 72.9 Å². The molecule has 1 unspecified atom stereocenters. The molecule has 2 aromatic heterocycles. The van der Waals surface area contributed by atoms with Gasteiger partial charge in [0.2, 0.25) is 0 Å². The Kier molecular flexibility index (Phi) is 4.78. The summed E-state index contributed by atoms with van der Waals surface area (Å²) >= 11 is 0. The number of amides is 1. The van der Waals surface area contributed by atoms with E-state index in [-0.39, 0.29) is 23.3 Å². The van der Waals surface area contributed by atoms with Gasteiger partial charge in [-0.05, 0) is 30.7 Å². The number of carbonyl (C=O) groups is 1. The van der Waals surface area contributed by atoms with E-state index in [4.69, 9.17) is 0 Å². The monoisotopic (exact) mass is 428 g/mol. The molecule has 160 valence electrons. The van der Waals surface area contributed by atoms with Gasteiger partial charge < -0.3 is 9.47 Å². The second-order valence-corrected chi connectivity index (χ2v) is 7.65. The Labute approximate surface area is 183 Å². The molecular formula is C23H20N6O3. The largest absolute Gasteiger partial charge is 0.348 e. The van der Waals surface area contributed by atoms with Crippen molar-refractivity contribution >= 4 is 11.6 Å². The normalized spacial score (nSPS) is 15.4. The zero-order valence-corrected chi connectivity index (χ0v) is 17.3. The first-order chi connectivity index (χ1) is 15.5. The predicted octanol–water partition coefficient (Wildman–Crippen LogP) is 3.53. The van der Waals surface area contributed by atoms with E-state index in [0.29, 0.717) is 24.5 Å². The predicted molar refractivity (Wildman–Crippen MR) is 117 cm³/mol. The molecule has 9 heteroatoms.